The molecule has 0 radical (unpaired) electrons. The molecule has 1 aliphatic rings. The lowest BCUT2D eigenvalue weighted by atomic mass is 10.1. The van der Waals surface area contributed by atoms with Gasteiger partial charge in [-0.1, -0.05) is 118 Å². The first-order valence-electron chi connectivity index (χ1n) is 12.3. The first kappa shape index (κ1) is 25.9. The standard InChI is InChI=1S/C30H35NO4Si/c1-5-26-28(35-29(33)31(26)21-23-15-9-6-10-16-23)27(32)22-34-36(30(2,3)4,24-17-11-7-12-18-24)25-19-13-8-14-20-25/h5-20,26-28,32H,1,21-22H2,2-4H3/t26-,27+,28+/m1/s1. The van der Waals surface area contributed by atoms with Crippen molar-refractivity contribution in [1.29, 1.82) is 0 Å². The molecule has 6 heteroatoms. The number of aliphatic hydroxyl groups excluding tert-OH is 1. The smallest absolute Gasteiger partial charge is 0.411 e. The second kappa shape index (κ2) is 10.8. The molecule has 3 aromatic rings. The van der Waals surface area contributed by atoms with Gasteiger partial charge in [0.15, 0.2) is 6.10 Å². The second-order valence-corrected chi connectivity index (χ2v) is 14.5. The summed E-state index contributed by atoms with van der Waals surface area (Å²) < 4.78 is 12.5. The van der Waals surface area contributed by atoms with Crippen molar-refractivity contribution in [3.05, 3.63) is 109 Å². The van der Waals surface area contributed by atoms with Gasteiger partial charge in [0.1, 0.15) is 6.10 Å². The highest BCUT2D eigenvalue weighted by molar-refractivity contribution is 6.99. The fourth-order valence-electron chi connectivity index (χ4n) is 5.14. The van der Waals surface area contributed by atoms with Crippen LogP contribution >= 0.6 is 0 Å². The van der Waals surface area contributed by atoms with Crippen LogP contribution in [-0.4, -0.2) is 49.3 Å². The average Bonchev–Trinajstić information content (AvgIpc) is 3.20. The molecule has 0 unspecified atom stereocenters. The van der Waals surface area contributed by atoms with E-state index in [1.54, 1.807) is 11.0 Å². The van der Waals surface area contributed by atoms with E-state index in [4.69, 9.17) is 9.16 Å². The molecular weight excluding hydrogens is 466 g/mol. The molecule has 1 saturated heterocycles. The van der Waals surface area contributed by atoms with Crippen LogP contribution in [0.2, 0.25) is 5.04 Å². The van der Waals surface area contributed by atoms with Crippen LogP contribution in [0.4, 0.5) is 4.79 Å². The zero-order valence-electron chi connectivity index (χ0n) is 21.2. The van der Waals surface area contributed by atoms with Crippen molar-refractivity contribution in [2.45, 2.75) is 50.6 Å². The van der Waals surface area contributed by atoms with Crippen LogP contribution in [-0.2, 0) is 15.7 Å². The number of carbonyl (C=O) groups is 1. The molecule has 0 saturated carbocycles. The van der Waals surface area contributed by atoms with Crippen LogP contribution in [0.25, 0.3) is 0 Å². The van der Waals surface area contributed by atoms with Crippen LogP contribution in [0.1, 0.15) is 26.3 Å². The molecule has 3 aromatic carbocycles. The van der Waals surface area contributed by atoms with E-state index in [-0.39, 0.29) is 11.6 Å². The zero-order chi connectivity index (χ0) is 25.8. The molecule has 1 fully saturated rings. The van der Waals surface area contributed by atoms with Crippen molar-refractivity contribution in [2.75, 3.05) is 6.61 Å². The summed E-state index contributed by atoms with van der Waals surface area (Å²) in [5, 5.41) is 13.4. The Balaban J connectivity index is 1.61. The predicted molar refractivity (Wildman–Crippen MR) is 146 cm³/mol. The third kappa shape index (κ3) is 5.02. The molecule has 5 nitrogen and oxygen atoms in total. The van der Waals surface area contributed by atoms with Gasteiger partial charge < -0.3 is 14.3 Å². The van der Waals surface area contributed by atoms with Gasteiger partial charge in [0.2, 0.25) is 0 Å². The van der Waals surface area contributed by atoms with Gasteiger partial charge >= 0.3 is 6.09 Å². The van der Waals surface area contributed by atoms with E-state index >= 15 is 0 Å². The van der Waals surface area contributed by atoms with E-state index in [0.717, 1.165) is 15.9 Å². The molecule has 1 N–H and O–H groups in total. The number of aliphatic hydroxyl groups is 1. The molecular formula is C30H35NO4Si. The lowest BCUT2D eigenvalue weighted by Gasteiger charge is -2.43. The minimum atomic E-state index is -2.83. The summed E-state index contributed by atoms with van der Waals surface area (Å²) in [7, 11) is -2.83. The SMILES string of the molecule is C=C[C@@H]1[C@@H]([C@@H](O)CO[Si](c2ccccc2)(c2ccccc2)C(C)(C)C)OC(=O)N1Cc1ccccc1. The molecule has 36 heavy (non-hydrogen) atoms. The number of cyclic esters (lactones) is 1. The molecule has 0 aliphatic carbocycles. The molecule has 188 valence electrons. The lowest BCUT2D eigenvalue weighted by Crippen LogP contribution is -2.67. The summed E-state index contributed by atoms with van der Waals surface area (Å²) in [4.78, 5) is 14.4. The number of ether oxygens (including phenoxy) is 1. The fraction of sp³-hybridized carbons (Fsp3) is 0.300. The Bertz CT molecular complexity index is 1110. The maximum atomic E-state index is 12.8. The van der Waals surface area contributed by atoms with Crippen LogP contribution in [0, 0.1) is 0 Å². The number of benzene rings is 3. The van der Waals surface area contributed by atoms with Crippen molar-refractivity contribution in [3.8, 4) is 0 Å². The van der Waals surface area contributed by atoms with E-state index in [1.807, 2.05) is 66.7 Å². The Morgan fingerprint density at radius 3 is 1.94 bits per heavy atom. The van der Waals surface area contributed by atoms with Crippen molar-refractivity contribution >= 4 is 24.8 Å². The summed E-state index contributed by atoms with van der Waals surface area (Å²) in [5.41, 5.74) is 0.986. The zero-order valence-corrected chi connectivity index (χ0v) is 22.2. The lowest BCUT2D eigenvalue weighted by molar-refractivity contribution is -0.00459. The van der Waals surface area contributed by atoms with Crippen LogP contribution < -0.4 is 10.4 Å². The van der Waals surface area contributed by atoms with Gasteiger partial charge in [0, 0.05) is 6.54 Å². The van der Waals surface area contributed by atoms with Crippen molar-refractivity contribution in [1.82, 2.24) is 4.90 Å². The van der Waals surface area contributed by atoms with E-state index in [0.29, 0.717) is 6.54 Å². The molecule has 0 spiro atoms. The quantitative estimate of drug-likeness (QED) is 0.347. The Hall–Kier alpha value is -3.19. The monoisotopic (exact) mass is 501 g/mol. The Kier molecular flexibility index (Phi) is 7.78. The van der Waals surface area contributed by atoms with E-state index in [2.05, 4.69) is 51.6 Å². The van der Waals surface area contributed by atoms with E-state index in [9.17, 15) is 9.90 Å². The van der Waals surface area contributed by atoms with Gasteiger partial charge in [0.05, 0.1) is 12.6 Å². The highest BCUT2D eigenvalue weighted by atomic mass is 28.4. The van der Waals surface area contributed by atoms with Gasteiger partial charge in [-0.3, -0.25) is 4.90 Å². The number of amides is 1. The third-order valence-electron chi connectivity index (χ3n) is 6.87. The van der Waals surface area contributed by atoms with Crippen LogP contribution in [0.3, 0.4) is 0 Å². The average molecular weight is 502 g/mol. The van der Waals surface area contributed by atoms with Crippen molar-refractivity contribution in [3.63, 3.8) is 0 Å². The number of carbonyl (C=O) groups excluding carboxylic acids is 1. The Morgan fingerprint density at radius 2 is 1.47 bits per heavy atom. The largest absolute Gasteiger partial charge is 0.441 e. The number of hydrogen-bond donors (Lipinski definition) is 1. The molecule has 4 rings (SSSR count). The summed E-state index contributed by atoms with van der Waals surface area (Å²) in [6, 6.07) is 29.8. The highest BCUT2D eigenvalue weighted by Crippen LogP contribution is 2.37. The normalized spacial score (nSPS) is 19.1. The molecule has 0 aromatic heterocycles. The van der Waals surface area contributed by atoms with Gasteiger partial charge in [-0.25, -0.2) is 4.79 Å². The van der Waals surface area contributed by atoms with Gasteiger partial charge in [-0.05, 0) is 21.0 Å². The maximum absolute atomic E-state index is 12.8. The second-order valence-electron chi connectivity index (χ2n) is 10.2. The Labute approximate surface area is 215 Å². The minimum absolute atomic E-state index is 0.0365. The molecule has 3 atom stereocenters. The predicted octanol–water partition coefficient (Wildman–Crippen LogP) is 4.50. The van der Waals surface area contributed by atoms with Crippen LogP contribution in [0.15, 0.2) is 104 Å². The third-order valence-corrected chi connectivity index (χ3v) is 11.9. The first-order chi connectivity index (χ1) is 17.3. The van der Waals surface area contributed by atoms with Crippen LogP contribution in [0.5, 0.6) is 0 Å². The summed E-state index contributed by atoms with van der Waals surface area (Å²) in [5.74, 6) is 0. The summed E-state index contributed by atoms with van der Waals surface area (Å²) in [6.07, 6.45) is -0.570. The topological polar surface area (TPSA) is 59.0 Å². The molecule has 0 bridgehead atoms. The first-order valence-corrected chi connectivity index (χ1v) is 14.3. The van der Waals surface area contributed by atoms with Gasteiger partial charge in [0.25, 0.3) is 8.32 Å². The minimum Gasteiger partial charge on any atom is -0.441 e. The van der Waals surface area contributed by atoms with Gasteiger partial charge in [-0.15, -0.1) is 6.58 Å². The van der Waals surface area contributed by atoms with Crippen molar-refractivity contribution in [2.24, 2.45) is 0 Å². The highest BCUT2D eigenvalue weighted by Gasteiger charge is 2.51. The van der Waals surface area contributed by atoms with E-state index < -0.39 is 32.7 Å². The summed E-state index contributed by atoms with van der Waals surface area (Å²) >= 11 is 0. The summed E-state index contributed by atoms with van der Waals surface area (Å²) in [6.45, 7) is 10.9. The van der Waals surface area contributed by atoms with E-state index in [1.165, 1.54) is 0 Å². The number of nitrogens with zero attached hydrogens (tertiary/aromatic N) is 1. The molecule has 1 heterocycles. The molecule has 1 aliphatic heterocycles. The maximum Gasteiger partial charge on any atom is 0.411 e. The van der Waals surface area contributed by atoms with Gasteiger partial charge in [-0.2, -0.15) is 0 Å². The number of rotatable bonds is 9. The fourth-order valence-corrected chi connectivity index (χ4v) is 9.71. The Morgan fingerprint density at radius 1 is 0.972 bits per heavy atom. The molecule has 1 amide bonds. The number of hydrogen-bond acceptors (Lipinski definition) is 4. The van der Waals surface area contributed by atoms with Crippen molar-refractivity contribution < 1.29 is 19.1 Å².